The molecule has 2 aromatic carbocycles. The van der Waals surface area contributed by atoms with Gasteiger partial charge in [-0.2, -0.15) is 0 Å². The highest BCUT2D eigenvalue weighted by Crippen LogP contribution is 2.25. The second kappa shape index (κ2) is 8.88. The lowest BCUT2D eigenvalue weighted by Gasteiger charge is -2.12. The molecule has 0 saturated heterocycles. The van der Waals surface area contributed by atoms with Crippen LogP contribution < -0.4 is 10.1 Å². The van der Waals surface area contributed by atoms with E-state index in [0.717, 1.165) is 33.5 Å². The van der Waals surface area contributed by atoms with Gasteiger partial charge in [0.2, 0.25) is 0 Å². The molecule has 2 rings (SSSR count). The molecule has 24 heavy (non-hydrogen) atoms. The van der Waals surface area contributed by atoms with E-state index in [1.165, 1.54) is 18.4 Å². The van der Waals surface area contributed by atoms with Gasteiger partial charge < -0.3 is 10.1 Å². The lowest BCUT2D eigenvalue weighted by molar-refractivity contribution is -0.118. The molecule has 1 amide bonds. The highest BCUT2D eigenvalue weighted by molar-refractivity contribution is 9.10. The monoisotopic (exact) mass is 389 g/mol. The minimum atomic E-state index is -0.169. The molecular formula is C20H24BrNO2. The second-order valence-electron chi connectivity index (χ2n) is 6.02. The average molecular weight is 390 g/mol. The molecule has 0 radical (unpaired) electrons. The molecule has 0 aliphatic rings. The van der Waals surface area contributed by atoms with E-state index in [1.807, 2.05) is 38.1 Å². The lowest BCUT2D eigenvalue weighted by atomic mass is 10.1. The third kappa shape index (κ3) is 5.38. The second-order valence-corrected chi connectivity index (χ2v) is 6.88. The van der Waals surface area contributed by atoms with Gasteiger partial charge in [0.15, 0.2) is 6.61 Å². The van der Waals surface area contributed by atoms with Crippen LogP contribution in [-0.2, 0) is 11.2 Å². The van der Waals surface area contributed by atoms with E-state index in [1.54, 1.807) is 0 Å². The Morgan fingerprint density at radius 2 is 1.96 bits per heavy atom. The molecule has 0 bridgehead atoms. The Kier molecular flexibility index (Phi) is 6.85. The van der Waals surface area contributed by atoms with Crippen molar-refractivity contribution in [2.24, 2.45) is 0 Å². The van der Waals surface area contributed by atoms with E-state index in [0.29, 0.717) is 0 Å². The molecule has 0 unspecified atom stereocenters. The molecule has 0 spiro atoms. The first-order valence-electron chi connectivity index (χ1n) is 8.28. The van der Waals surface area contributed by atoms with Gasteiger partial charge in [-0.05, 0) is 77.5 Å². The molecule has 0 heterocycles. The molecule has 4 heteroatoms. The standard InChI is InChI=1S/C20H24BrNO2/c1-4-5-6-16-9-10-18(17(21)12-16)22-20(23)13-24-19-11-14(2)7-8-15(19)3/h7-12H,4-6,13H2,1-3H3,(H,22,23). The molecule has 0 aliphatic heterocycles. The number of nitrogens with one attached hydrogen (secondary N) is 1. The topological polar surface area (TPSA) is 38.3 Å². The molecule has 0 fully saturated rings. The Balaban J connectivity index is 1.93. The fraction of sp³-hybridized carbons (Fsp3) is 0.350. The van der Waals surface area contributed by atoms with Gasteiger partial charge in [-0.15, -0.1) is 0 Å². The van der Waals surface area contributed by atoms with Crippen LogP contribution in [0.5, 0.6) is 5.75 Å². The average Bonchev–Trinajstić information content (AvgIpc) is 2.56. The summed E-state index contributed by atoms with van der Waals surface area (Å²) in [5, 5.41) is 2.89. The summed E-state index contributed by atoms with van der Waals surface area (Å²) >= 11 is 3.53. The first kappa shape index (κ1) is 18.5. The van der Waals surface area contributed by atoms with E-state index >= 15 is 0 Å². The number of rotatable bonds is 7. The van der Waals surface area contributed by atoms with Crippen LogP contribution >= 0.6 is 15.9 Å². The highest BCUT2D eigenvalue weighted by atomic mass is 79.9. The van der Waals surface area contributed by atoms with Crippen LogP contribution in [0.3, 0.4) is 0 Å². The smallest absolute Gasteiger partial charge is 0.262 e. The lowest BCUT2D eigenvalue weighted by Crippen LogP contribution is -2.20. The molecule has 0 aliphatic carbocycles. The van der Waals surface area contributed by atoms with Crippen LogP contribution in [0, 0.1) is 13.8 Å². The maximum Gasteiger partial charge on any atom is 0.262 e. The molecule has 3 nitrogen and oxygen atoms in total. The van der Waals surface area contributed by atoms with Gasteiger partial charge in [-0.1, -0.05) is 31.5 Å². The number of hydrogen-bond acceptors (Lipinski definition) is 2. The molecule has 0 aromatic heterocycles. The molecule has 128 valence electrons. The Labute approximate surface area is 152 Å². The summed E-state index contributed by atoms with van der Waals surface area (Å²) in [5.74, 6) is 0.581. The largest absolute Gasteiger partial charge is 0.483 e. The van der Waals surface area contributed by atoms with Gasteiger partial charge in [0.1, 0.15) is 5.75 Å². The summed E-state index contributed by atoms with van der Waals surface area (Å²) in [7, 11) is 0. The van der Waals surface area contributed by atoms with Crippen molar-refractivity contribution in [2.45, 2.75) is 40.0 Å². The van der Waals surface area contributed by atoms with Gasteiger partial charge in [0.05, 0.1) is 5.69 Å². The van der Waals surface area contributed by atoms with Gasteiger partial charge >= 0.3 is 0 Å². The van der Waals surface area contributed by atoms with E-state index in [4.69, 9.17) is 4.74 Å². The zero-order valence-corrected chi connectivity index (χ0v) is 16.1. The maximum absolute atomic E-state index is 12.1. The van der Waals surface area contributed by atoms with E-state index in [9.17, 15) is 4.79 Å². The van der Waals surface area contributed by atoms with Crippen LogP contribution in [0.4, 0.5) is 5.69 Å². The van der Waals surface area contributed by atoms with E-state index < -0.39 is 0 Å². The van der Waals surface area contributed by atoms with Crippen LogP contribution in [0.15, 0.2) is 40.9 Å². The molecule has 2 aromatic rings. The van der Waals surface area contributed by atoms with Crippen molar-refractivity contribution in [1.82, 2.24) is 0 Å². The molecule has 0 saturated carbocycles. The number of halogens is 1. The molecule has 0 atom stereocenters. The maximum atomic E-state index is 12.1. The Morgan fingerprint density at radius 3 is 2.67 bits per heavy atom. The van der Waals surface area contributed by atoms with Crippen molar-refractivity contribution in [3.05, 3.63) is 57.6 Å². The number of carbonyl (C=O) groups excluding carboxylic acids is 1. The molecular weight excluding hydrogens is 366 g/mol. The van der Waals surface area contributed by atoms with E-state index in [2.05, 4.69) is 40.3 Å². The summed E-state index contributed by atoms with van der Waals surface area (Å²) in [6.07, 6.45) is 3.40. The van der Waals surface area contributed by atoms with Crippen molar-refractivity contribution < 1.29 is 9.53 Å². The quantitative estimate of drug-likeness (QED) is 0.685. The fourth-order valence-electron chi connectivity index (χ4n) is 2.39. The van der Waals surface area contributed by atoms with Gasteiger partial charge in [0, 0.05) is 4.47 Å². The van der Waals surface area contributed by atoms with Crippen molar-refractivity contribution in [3.63, 3.8) is 0 Å². The van der Waals surface area contributed by atoms with Crippen LogP contribution in [0.25, 0.3) is 0 Å². The van der Waals surface area contributed by atoms with Crippen LogP contribution in [0.2, 0.25) is 0 Å². The predicted octanol–water partition coefficient (Wildman–Crippen LogP) is 5.43. The summed E-state index contributed by atoms with van der Waals surface area (Å²) in [6.45, 7) is 6.15. The number of ether oxygens (including phenoxy) is 1. The summed E-state index contributed by atoms with van der Waals surface area (Å²) < 4.78 is 6.54. The van der Waals surface area contributed by atoms with Crippen molar-refractivity contribution in [3.8, 4) is 5.75 Å². The first-order valence-corrected chi connectivity index (χ1v) is 9.07. The Hall–Kier alpha value is -1.81. The Bertz CT molecular complexity index is 713. The Morgan fingerprint density at radius 1 is 1.17 bits per heavy atom. The zero-order valence-electron chi connectivity index (χ0n) is 14.5. The summed E-state index contributed by atoms with van der Waals surface area (Å²) in [4.78, 5) is 12.1. The zero-order chi connectivity index (χ0) is 17.5. The number of amides is 1. The third-order valence-corrected chi connectivity index (χ3v) is 4.49. The third-order valence-electron chi connectivity index (χ3n) is 3.83. The number of aryl methyl sites for hydroxylation is 3. The summed E-state index contributed by atoms with van der Waals surface area (Å²) in [5.41, 5.74) is 4.18. The first-order chi connectivity index (χ1) is 11.5. The minimum Gasteiger partial charge on any atom is -0.483 e. The normalized spacial score (nSPS) is 10.5. The van der Waals surface area contributed by atoms with Crippen LogP contribution in [0.1, 0.15) is 36.5 Å². The van der Waals surface area contributed by atoms with Crippen molar-refractivity contribution in [2.75, 3.05) is 11.9 Å². The van der Waals surface area contributed by atoms with Crippen molar-refractivity contribution >= 4 is 27.5 Å². The number of benzene rings is 2. The SMILES string of the molecule is CCCCc1ccc(NC(=O)COc2cc(C)ccc2C)c(Br)c1. The van der Waals surface area contributed by atoms with E-state index in [-0.39, 0.29) is 12.5 Å². The predicted molar refractivity (Wildman–Crippen MR) is 103 cm³/mol. The number of unbranched alkanes of at least 4 members (excludes halogenated alkanes) is 1. The van der Waals surface area contributed by atoms with Crippen molar-refractivity contribution in [1.29, 1.82) is 0 Å². The molecule has 1 N–H and O–H groups in total. The minimum absolute atomic E-state index is 0.00564. The van der Waals surface area contributed by atoms with Gasteiger partial charge in [-0.3, -0.25) is 4.79 Å². The number of carbonyl (C=O) groups is 1. The van der Waals surface area contributed by atoms with Gasteiger partial charge in [-0.25, -0.2) is 0 Å². The van der Waals surface area contributed by atoms with Crippen LogP contribution in [-0.4, -0.2) is 12.5 Å². The summed E-state index contributed by atoms with van der Waals surface area (Å²) in [6, 6.07) is 12.0. The number of hydrogen-bond donors (Lipinski definition) is 1. The number of anilines is 1. The highest BCUT2D eigenvalue weighted by Gasteiger charge is 2.08. The fourth-order valence-corrected chi connectivity index (χ4v) is 2.91. The van der Waals surface area contributed by atoms with Gasteiger partial charge in [0.25, 0.3) is 5.91 Å².